The lowest BCUT2D eigenvalue weighted by atomic mass is 10.1. The molecule has 0 bridgehead atoms. The highest BCUT2D eigenvalue weighted by molar-refractivity contribution is 5.53. The first-order valence-corrected chi connectivity index (χ1v) is 7.78. The molecule has 0 saturated heterocycles. The second-order valence-corrected chi connectivity index (χ2v) is 5.85. The van der Waals surface area contributed by atoms with Gasteiger partial charge in [0.25, 0.3) is 0 Å². The zero-order valence-electron chi connectivity index (χ0n) is 13.2. The average Bonchev–Trinajstić information content (AvgIpc) is 2.85. The van der Waals surface area contributed by atoms with Crippen LogP contribution in [0, 0.1) is 0 Å². The van der Waals surface area contributed by atoms with Crippen molar-refractivity contribution in [3.8, 4) is 5.69 Å². The normalized spacial score (nSPS) is 14.0. The minimum absolute atomic E-state index is 0.895. The number of aromatic nitrogens is 2. The van der Waals surface area contributed by atoms with Crippen LogP contribution in [-0.2, 0) is 19.4 Å². The number of nitrogens with zero attached hydrogens (tertiary/aromatic N) is 3. The monoisotopic (exact) mass is 284 g/mol. The Hall–Kier alpha value is -1.81. The Bertz CT molecular complexity index is 628. The van der Waals surface area contributed by atoms with E-state index in [1.165, 1.54) is 28.6 Å². The highest BCUT2D eigenvalue weighted by Crippen LogP contribution is 2.25. The Morgan fingerprint density at radius 1 is 1.33 bits per heavy atom. The minimum atomic E-state index is 0.895. The molecule has 112 valence electrons. The van der Waals surface area contributed by atoms with Crippen LogP contribution in [-0.4, -0.2) is 30.2 Å². The van der Waals surface area contributed by atoms with Crippen LogP contribution in [0.3, 0.4) is 0 Å². The molecule has 0 unspecified atom stereocenters. The predicted octanol–water partition coefficient (Wildman–Crippen LogP) is 2.54. The lowest BCUT2D eigenvalue weighted by Crippen LogP contribution is -2.24. The number of benzene rings is 1. The van der Waals surface area contributed by atoms with E-state index in [2.05, 4.69) is 60.1 Å². The molecular weight excluding hydrogens is 260 g/mol. The molecule has 1 aliphatic rings. The molecule has 3 rings (SSSR count). The number of anilines is 1. The summed E-state index contributed by atoms with van der Waals surface area (Å²) in [6.07, 6.45) is 3.20. The molecule has 4 nitrogen and oxygen atoms in total. The van der Waals surface area contributed by atoms with Gasteiger partial charge in [-0.05, 0) is 24.6 Å². The molecule has 1 aromatic carbocycles. The van der Waals surface area contributed by atoms with E-state index in [-0.39, 0.29) is 0 Å². The molecular formula is C17H24N4. The molecule has 0 amide bonds. The number of nitrogens with one attached hydrogen (secondary N) is 1. The number of hydrogen-bond donors (Lipinski definition) is 1. The lowest BCUT2D eigenvalue weighted by Gasteiger charge is -2.18. The van der Waals surface area contributed by atoms with E-state index in [4.69, 9.17) is 4.98 Å². The fraction of sp³-hybridized carbons (Fsp3) is 0.471. The standard InChI is InChI=1S/C17H24N4/c1-4-6-17-19-15-12-18-10-9-16(15)21(17)14-8-5-7-13(11-14)20(2)3/h5,7-8,11,18H,4,6,9-10,12H2,1-3H3. The van der Waals surface area contributed by atoms with E-state index in [1.807, 2.05) is 0 Å². The summed E-state index contributed by atoms with van der Waals surface area (Å²) < 4.78 is 2.38. The second kappa shape index (κ2) is 5.90. The van der Waals surface area contributed by atoms with Crippen molar-refractivity contribution in [3.63, 3.8) is 0 Å². The smallest absolute Gasteiger partial charge is 0.113 e. The maximum atomic E-state index is 4.88. The topological polar surface area (TPSA) is 33.1 Å². The molecule has 1 N–H and O–H groups in total. The van der Waals surface area contributed by atoms with Crippen LogP contribution in [0.2, 0.25) is 0 Å². The van der Waals surface area contributed by atoms with Gasteiger partial charge in [-0.2, -0.15) is 0 Å². The Kier molecular flexibility index (Phi) is 3.97. The number of aryl methyl sites for hydroxylation is 1. The molecule has 1 aliphatic heterocycles. The van der Waals surface area contributed by atoms with Crippen molar-refractivity contribution >= 4 is 5.69 Å². The zero-order valence-corrected chi connectivity index (χ0v) is 13.2. The highest BCUT2D eigenvalue weighted by atomic mass is 15.1. The minimum Gasteiger partial charge on any atom is -0.378 e. The molecule has 21 heavy (non-hydrogen) atoms. The summed E-state index contributed by atoms with van der Waals surface area (Å²) in [6.45, 7) is 4.15. The molecule has 0 radical (unpaired) electrons. The van der Waals surface area contributed by atoms with E-state index >= 15 is 0 Å². The molecule has 4 heteroatoms. The van der Waals surface area contributed by atoms with Crippen LogP contribution in [0.25, 0.3) is 5.69 Å². The van der Waals surface area contributed by atoms with Crippen molar-refractivity contribution in [1.29, 1.82) is 0 Å². The van der Waals surface area contributed by atoms with Gasteiger partial charge in [0, 0.05) is 57.1 Å². The molecule has 0 aliphatic carbocycles. The first-order chi connectivity index (χ1) is 10.2. The van der Waals surface area contributed by atoms with Crippen LogP contribution in [0.15, 0.2) is 24.3 Å². The summed E-state index contributed by atoms with van der Waals surface area (Å²) >= 11 is 0. The number of imidazole rings is 1. The fourth-order valence-corrected chi connectivity index (χ4v) is 2.97. The van der Waals surface area contributed by atoms with Crippen LogP contribution < -0.4 is 10.2 Å². The Morgan fingerprint density at radius 3 is 2.95 bits per heavy atom. The molecule has 0 spiro atoms. The van der Waals surface area contributed by atoms with Crippen molar-refractivity contribution in [2.45, 2.75) is 32.7 Å². The molecule has 2 aromatic rings. The van der Waals surface area contributed by atoms with Crippen molar-refractivity contribution in [3.05, 3.63) is 41.5 Å². The molecule has 1 aromatic heterocycles. The third kappa shape index (κ3) is 2.68. The van der Waals surface area contributed by atoms with Crippen molar-refractivity contribution in [1.82, 2.24) is 14.9 Å². The van der Waals surface area contributed by atoms with Crippen molar-refractivity contribution in [2.75, 3.05) is 25.5 Å². The SMILES string of the molecule is CCCc1nc2c(n1-c1cccc(N(C)C)c1)CCNC2. The summed E-state index contributed by atoms with van der Waals surface area (Å²) in [6, 6.07) is 8.72. The van der Waals surface area contributed by atoms with E-state index in [9.17, 15) is 0 Å². The molecule has 0 saturated carbocycles. The Labute approximate surface area is 126 Å². The van der Waals surface area contributed by atoms with E-state index < -0.39 is 0 Å². The first kappa shape index (κ1) is 14.1. The van der Waals surface area contributed by atoms with Crippen LogP contribution >= 0.6 is 0 Å². The maximum Gasteiger partial charge on any atom is 0.113 e. The Balaban J connectivity index is 2.11. The average molecular weight is 284 g/mol. The van der Waals surface area contributed by atoms with Gasteiger partial charge in [0.05, 0.1) is 5.69 Å². The lowest BCUT2D eigenvalue weighted by molar-refractivity contribution is 0.619. The first-order valence-electron chi connectivity index (χ1n) is 7.78. The number of hydrogen-bond acceptors (Lipinski definition) is 3. The quantitative estimate of drug-likeness (QED) is 0.936. The van der Waals surface area contributed by atoms with Gasteiger partial charge in [-0.25, -0.2) is 4.98 Å². The van der Waals surface area contributed by atoms with Gasteiger partial charge in [-0.1, -0.05) is 13.0 Å². The van der Waals surface area contributed by atoms with Crippen molar-refractivity contribution < 1.29 is 0 Å². The highest BCUT2D eigenvalue weighted by Gasteiger charge is 2.20. The molecule has 2 heterocycles. The summed E-state index contributed by atoms with van der Waals surface area (Å²) in [5.41, 5.74) is 5.07. The van der Waals surface area contributed by atoms with Gasteiger partial charge in [0.2, 0.25) is 0 Å². The van der Waals surface area contributed by atoms with Gasteiger partial charge in [0.15, 0.2) is 0 Å². The zero-order chi connectivity index (χ0) is 14.8. The molecule has 0 fully saturated rings. The third-order valence-electron chi connectivity index (χ3n) is 4.03. The Morgan fingerprint density at radius 2 is 2.19 bits per heavy atom. The van der Waals surface area contributed by atoms with Crippen LogP contribution in [0.1, 0.15) is 30.6 Å². The van der Waals surface area contributed by atoms with E-state index in [0.717, 1.165) is 32.4 Å². The van der Waals surface area contributed by atoms with Crippen LogP contribution in [0.5, 0.6) is 0 Å². The largest absolute Gasteiger partial charge is 0.378 e. The van der Waals surface area contributed by atoms with Gasteiger partial charge in [-0.15, -0.1) is 0 Å². The second-order valence-electron chi connectivity index (χ2n) is 5.85. The summed E-state index contributed by atoms with van der Waals surface area (Å²) in [5, 5.41) is 3.42. The van der Waals surface area contributed by atoms with Gasteiger partial charge >= 0.3 is 0 Å². The number of fused-ring (bicyclic) bond motifs is 1. The van der Waals surface area contributed by atoms with Gasteiger partial charge in [0.1, 0.15) is 5.82 Å². The molecule has 0 atom stereocenters. The maximum absolute atomic E-state index is 4.88. The number of rotatable bonds is 4. The fourth-order valence-electron chi connectivity index (χ4n) is 2.97. The summed E-state index contributed by atoms with van der Waals surface area (Å²) in [7, 11) is 4.17. The van der Waals surface area contributed by atoms with Gasteiger partial charge in [-0.3, -0.25) is 0 Å². The summed E-state index contributed by atoms with van der Waals surface area (Å²) in [5.74, 6) is 1.20. The van der Waals surface area contributed by atoms with Gasteiger partial charge < -0.3 is 14.8 Å². The van der Waals surface area contributed by atoms with Crippen LogP contribution in [0.4, 0.5) is 5.69 Å². The van der Waals surface area contributed by atoms with E-state index in [0.29, 0.717) is 0 Å². The summed E-state index contributed by atoms with van der Waals surface area (Å²) in [4.78, 5) is 7.02. The van der Waals surface area contributed by atoms with E-state index in [1.54, 1.807) is 0 Å². The van der Waals surface area contributed by atoms with Crippen molar-refractivity contribution in [2.24, 2.45) is 0 Å². The predicted molar refractivity (Wildman–Crippen MR) is 87.3 cm³/mol. The third-order valence-corrected chi connectivity index (χ3v) is 4.03.